The summed E-state index contributed by atoms with van der Waals surface area (Å²) in [5.41, 5.74) is 2.76. The second kappa shape index (κ2) is 11.7. The first-order chi connectivity index (χ1) is 17.5. The predicted molar refractivity (Wildman–Crippen MR) is 141 cm³/mol. The summed E-state index contributed by atoms with van der Waals surface area (Å²) in [6.07, 6.45) is 0. The number of nitrogens with zero attached hydrogens (tertiary/aromatic N) is 1. The van der Waals surface area contributed by atoms with E-state index in [1.165, 1.54) is 17.4 Å². The zero-order valence-corrected chi connectivity index (χ0v) is 21.2. The van der Waals surface area contributed by atoms with Crippen molar-refractivity contribution >= 4 is 22.9 Å². The summed E-state index contributed by atoms with van der Waals surface area (Å²) in [7, 11) is 0. The van der Waals surface area contributed by atoms with Crippen LogP contribution in [0.2, 0.25) is 0 Å². The molecule has 0 radical (unpaired) electrons. The van der Waals surface area contributed by atoms with E-state index in [2.05, 4.69) is 10.3 Å². The van der Waals surface area contributed by atoms with Crippen molar-refractivity contribution in [1.82, 2.24) is 4.98 Å². The molecule has 3 aromatic carbocycles. The maximum atomic E-state index is 14.3. The molecule has 6 nitrogen and oxygen atoms in total. The average molecular weight is 507 g/mol. The molecule has 186 valence electrons. The lowest BCUT2D eigenvalue weighted by molar-refractivity contribution is 0.102. The third-order valence-electron chi connectivity index (χ3n) is 5.23. The molecule has 0 atom stereocenters. The van der Waals surface area contributed by atoms with Gasteiger partial charge in [-0.1, -0.05) is 30.3 Å². The van der Waals surface area contributed by atoms with Crippen LogP contribution < -0.4 is 19.5 Å². The van der Waals surface area contributed by atoms with Gasteiger partial charge in [-0.2, -0.15) is 0 Å². The molecule has 1 amide bonds. The lowest BCUT2D eigenvalue weighted by Gasteiger charge is -2.17. The van der Waals surface area contributed by atoms with Gasteiger partial charge >= 0.3 is 0 Å². The molecule has 0 aliphatic heterocycles. The lowest BCUT2D eigenvalue weighted by atomic mass is 10.1. The minimum atomic E-state index is -0.336. The molecule has 1 aromatic heterocycles. The quantitative estimate of drug-likeness (QED) is 0.249. The summed E-state index contributed by atoms with van der Waals surface area (Å²) in [6, 6.07) is 17.2. The Morgan fingerprint density at radius 1 is 0.889 bits per heavy atom. The van der Waals surface area contributed by atoms with E-state index in [0.29, 0.717) is 64.6 Å². The number of hydrogen-bond donors (Lipinski definition) is 1. The summed E-state index contributed by atoms with van der Waals surface area (Å²) in [4.78, 5) is 18.0. The maximum Gasteiger partial charge on any atom is 0.255 e. The predicted octanol–water partition coefficient (Wildman–Crippen LogP) is 7.06. The number of para-hydroxylation sites is 1. The Balaban J connectivity index is 1.66. The van der Waals surface area contributed by atoms with Crippen molar-refractivity contribution in [3.63, 3.8) is 0 Å². The van der Waals surface area contributed by atoms with Crippen molar-refractivity contribution < 1.29 is 23.4 Å². The molecule has 0 unspecified atom stereocenters. The fraction of sp³-hybridized carbons (Fsp3) is 0.214. The first kappa shape index (κ1) is 25.2. The summed E-state index contributed by atoms with van der Waals surface area (Å²) in [5.74, 6) is 0.694. The van der Waals surface area contributed by atoms with Crippen LogP contribution in [0.15, 0.2) is 66.0 Å². The van der Waals surface area contributed by atoms with Gasteiger partial charge in [0.05, 0.1) is 31.2 Å². The zero-order chi connectivity index (χ0) is 25.5. The van der Waals surface area contributed by atoms with E-state index in [1.807, 2.05) is 44.4 Å². The number of hydrogen-bond acceptors (Lipinski definition) is 6. The zero-order valence-electron chi connectivity index (χ0n) is 20.3. The molecule has 0 aliphatic rings. The van der Waals surface area contributed by atoms with E-state index < -0.39 is 0 Å². The second-order valence-corrected chi connectivity index (χ2v) is 8.48. The highest BCUT2D eigenvalue weighted by atomic mass is 32.1. The van der Waals surface area contributed by atoms with Gasteiger partial charge in [-0.3, -0.25) is 4.79 Å². The Kier molecular flexibility index (Phi) is 8.17. The summed E-state index contributed by atoms with van der Waals surface area (Å²) >= 11 is 1.35. The van der Waals surface area contributed by atoms with Crippen LogP contribution in [0.5, 0.6) is 17.2 Å². The molecule has 1 heterocycles. The molecular weight excluding hydrogens is 479 g/mol. The number of aromatic nitrogens is 1. The molecular formula is C28H27FN2O4S. The first-order valence-electron chi connectivity index (χ1n) is 11.7. The molecule has 0 saturated carbocycles. The maximum absolute atomic E-state index is 14.3. The van der Waals surface area contributed by atoms with Gasteiger partial charge in [-0.05, 0) is 51.1 Å². The van der Waals surface area contributed by atoms with Gasteiger partial charge < -0.3 is 19.5 Å². The van der Waals surface area contributed by atoms with E-state index >= 15 is 0 Å². The van der Waals surface area contributed by atoms with E-state index in [0.717, 1.165) is 5.56 Å². The van der Waals surface area contributed by atoms with E-state index in [4.69, 9.17) is 14.2 Å². The molecule has 4 aromatic rings. The van der Waals surface area contributed by atoms with Crippen LogP contribution in [-0.2, 0) is 0 Å². The molecule has 8 heteroatoms. The largest absolute Gasteiger partial charge is 0.490 e. The molecule has 0 fully saturated rings. The number of ether oxygens (including phenoxy) is 3. The average Bonchev–Trinajstić information content (AvgIpc) is 3.36. The second-order valence-electron chi connectivity index (χ2n) is 7.62. The van der Waals surface area contributed by atoms with Crippen LogP contribution in [0.1, 0.15) is 31.1 Å². The molecule has 0 aliphatic carbocycles. The lowest BCUT2D eigenvalue weighted by Crippen LogP contribution is -2.14. The number of thiazole rings is 1. The van der Waals surface area contributed by atoms with E-state index in [1.54, 1.807) is 36.4 Å². The van der Waals surface area contributed by atoms with Crippen molar-refractivity contribution in [2.75, 3.05) is 25.1 Å². The van der Waals surface area contributed by atoms with Crippen LogP contribution >= 0.6 is 11.3 Å². The molecule has 0 bridgehead atoms. The molecule has 4 rings (SSSR count). The number of carbonyl (C=O) groups excluding carboxylic acids is 1. The number of rotatable bonds is 10. The standard InChI is InChI=1S/C28H27FN2O4S/c1-4-33-24-15-18(16-25(34-5-2)26(24)35-6-3)27(32)30-22-14-10-8-12-20(22)23-17-36-28(31-23)19-11-7-9-13-21(19)29/h7-17H,4-6H2,1-3H3,(H,30,32). The minimum Gasteiger partial charge on any atom is -0.490 e. The number of benzene rings is 3. The van der Waals surface area contributed by atoms with Gasteiger partial charge in [0, 0.05) is 22.1 Å². The van der Waals surface area contributed by atoms with Crippen molar-refractivity contribution in [2.45, 2.75) is 20.8 Å². The summed E-state index contributed by atoms with van der Waals surface area (Å²) < 4.78 is 31.5. The number of anilines is 1. The number of nitrogens with one attached hydrogen (secondary N) is 1. The molecule has 36 heavy (non-hydrogen) atoms. The summed E-state index contributed by atoms with van der Waals surface area (Å²) in [6.45, 7) is 6.85. The Labute approximate surface area is 213 Å². The van der Waals surface area contributed by atoms with Crippen LogP contribution in [0.25, 0.3) is 21.8 Å². The van der Waals surface area contributed by atoms with Gasteiger partial charge in [0.25, 0.3) is 5.91 Å². The Morgan fingerprint density at radius 2 is 1.50 bits per heavy atom. The van der Waals surface area contributed by atoms with Gasteiger partial charge in [0.15, 0.2) is 11.5 Å². The SMILES string of the molecule is CCOc1cc(C(=O)Nc2ccccc2-c2csc(-c3ccccc3F)n2)cc(OCC)c1OCC. The van der Waals surface area contributed by atoms with Crippen molar-refractivity contribution in [1.29, 1.82) is 0 Å². The van der Waals surface area contributed by atoms with Crippen LogP contribution in [-0.4, -0.2) is 30.7 Å². The van der Waals surface area contributed by atoms with Crippen LogP contribution in [0.4, 0.5) is 10.1 Å². The molecule has 1 N–H and O–H groups in total. The number of halogens is 1. The van der Waals surface area contributed by atoms with Crippen molar-refractivity contribution in [2.24, 2.45) is 0 Å². The van der Waals surface area contributed by atoms with Crippen molar-refractivity contribution in [3.8, 4) is 39.1 Å². The minimum absolute atomic E-state index is 0.328. The smallest absolute Gasteiger partial charge is 0.255 e. The molecule has 0 spiro atoms. The number of amides is 1. The van der Waals surface area contributed by atoms with Gasteiger partial charge in [0.1, 0.15) is 10.8 Å². The molecule has 0 saturated heterocycles. The number of carbonyl (C=O) groups is 1. The van der Waals surface area contributed by atoms with E-state index in [9.17, 15) is 9.18 Å². The highest BCUT2D eigenvalue weighted by Crippen LogP contribution is 2.40. The van der Waals surface area contributed by atoms with Crippen LogP contribution in [0, 0.1) is 5.82 Å². The third kappa shape index (κ3) is 5.49. The van der Waals surface area contributed by atoms with Crippen LogP contribution in [0.3, 0.4) is 0 Å². The highest BCUT2D eigenvalue weighted by Gasteiger charge is 2.20. The van der Waals surface area contributed by atoms with E-state index in [-0.39, 0.29) is 11.7 Å². The van der Waals surface area contributed by atoms with Gasteiger partial charge in [-0.15, -0.1) is 11.3 Å². The Morgan fingerprint density at radius 3 is 2.14 bits per heavy atom. The fourth-order valence-corrected chi connectivity index (χ4v) is 4.53. The third-order valence-corrected chi connectivity index (χ3v) is 6.11. The monoisotopic (exact) mass is 506 g/mol. The first-order valence-corrected chi connectivity index (χ1v) is 12.6. The van der Waals surface area contributed by atoms with Crippen molar-refractivity contribution in [3.05, 3.63) is 77.4 Å². The van der Waals surface area contributed by atoms with Gasteiger partial charge in [-0.25, -0.2) is 9.37 Å². The van der Waals surface area contributed by atoms with Gasteiger partial charge in [0.2, 0.25) is 5.75 Å². The Hall–Kier alpha value is -3.91. The fourth-order valence-electron chi connectivity index (χ4n) is 3.69. The Bertz CT molecular complexity index is 1330. The highest BCUT2D eigenvalue weighted by molar-refractivity contribution is 7.13. The normalized spacial score (nSPS) is 10.7. The summed E-state index contributed by atoms with van der Waals surface area (Å²) in [5, 5.41) is 5.39. The topological polar surface area (TPSA) is 69.7 Å².